The monoisotopic (exact) mass is 285 g/mol. The van der Waals surface area contributed by atoms with E-state index in [2.05, 4.69) is 28.0 Å². The van der Waals surface area contributed by atoms with Crippen LogP contribution in [0.2, 0.25) is 0 Å². The summed E-state index contributed by atoms with van der Waals surface area (Å²) in [6.45, 7) is 8.16. The molecular weight excluding hydrogens is 262 g/mol. The number of rotatable bonds is 2. The van der Waals surface area contributed by atoms with E-state index in [0.29, 0.717) is 6.54 Å². The zero-order valence-corrected chi connectivity index (χ0v) is 13.1. The molecule has 0 aromatic heterocycles. The molecule has 3 rings (SSSR count). The maximum Gasteiger partial charge on any atom is 0.206 e. The lowest BCUT2D eigenvalue weighted by Crippen LogP contribution is -2.43. The predicted octanol–water partition coefficient (Wildman–Crippen LogP) is 3.08. The number of Topliss-reactive ketones (excluding diaryl/α,β-unsaturated/α-hetero) is 1. The number of aliphatic imine (C=N–C) groups is 1. The Balaban J connectivity index is 1.98. The van der Waals surface area contributed by atoms with Crippen LogP contribution in [-0.4, -0.2) is 31.4 Å². The Labute approximate surface area is 126 Å². The average Bonchev–Trinajstić information content (AvgIpc) is 2.61. The molecule has 1 aromatic rings. The predicted molar refractivity (Wildman–Crippen MR) is 87.1 cm³/mol. The Hall–Kier alpha value is -1.84. The summed E-state index contributed by atoms with van der Waals surface area (Å²) >= 11 is 0. The molecule has 4 heteroatoms. The minimum atomic E-state index is -0.326. The maximum atomic E-state index is 12.5. The average molecular weight is 285 g/mol. The van der Waals surface area contributed by atoms with Crippen LogP contribution >= 0.6 is 0 Å². The molecular formula is C17H23N3O. The Kier molecular flexibility index (Phi) is 3.47. The fourth-order valence-corrected chi connectivity index (χ4v) is 2.77. The number of guanidine groups is 1. The summed E-state index contributed by atoms with van der Waals surface area (Å²) in [5.41, 5.74) is 1.96. The highest BCUT2D eigenvalue weighted by Crippen LogP contribution is 2.38. The van der Waals surface area contributed by atoms with Crippen molar-refractivity contribution < 1.29 is 4.79 Å². The highest BCUT2D eigenvalue weighted by atomic mass is 16.1. The number of ketones is 1. The van der Waals surface area contributed by atoms with Crippen molar-refractivity contribution in [3.05, 3.63) is 24.3 Å². The van der Waals surface area contributed by atoms with Crippen LogP contribution in [0, 0.1) is 5.41 Å². The van der Waals surface area contributed by atoms with Gasteiger partial charge in [-0.3, -0.25) is 9.79 Å². The van der Waals surface area contributed by atoms with E-state index in [4.69, 9.17) is 4.99 Å². The molecule has 0 aliphatic carbocycles. The molecule has 0 spiro atoms. The molecule has 0 bridgehead atoms. The number of benzene rings is 1. The zero-order chi connectivity index (χ0) is 15.0. The zero-order valence-electron chi connectivity index (χ0n) is 13.1. The molecule has 0 unspecified atom stereocenters. The van der Waals surface area contributed by atoms with Crippen molar-refractivity contribution in [2.45, 2.75) is 33.6 Å². The normalized spacial score (nSPS) is 18.0. The number of hydrogen-bond acceptors (Lipinski definition) is 4. The molecule has 21 heavy (non-hydrogen) atoms. The molecule has 4 nitrogen and oxygen atoms in total. The fraction of sp³-hybridized carbons (Fsp3) is 0.529. The Morgan fingerprint density at radius 3 is 2.62 bits per heavy atom. The summed E-state index contributed by atoms with van der Waals surface area (Å²) < 4.78 is 0. The van der Waals surface area contributed by atoms with Gasteiger partial charge >= 0.3 is 0 Å². The van der Waals surface area contributed by atoms with E-state index in [1.165, 1.54) is 5.69 Å². The van der Waals surface area contributed by atoms with E-state index in [0.717, 1.165) is 37.6 Å². The van der Waals surface area contributed by atoms with Gasteiger partial charge in [-0.2, -0.15) is 0 Å². The number of anilines is 2. The quantitative estimate of drug-likeness (QED) is 0.838. The molecule has 1 aromatic carbocycles. The summed E-state index contributed by atoms with van der Waals surface area (Å²) in [6.07, 6.45) is 2.26. The van der Waals surface area contributed by atoms with Crippen LogP contribution in [-0.2, 0) is 4.79 Å². The van der Waals surface area contributed by atoms with Gasteiger partial charge in [0, 0.05) is 18.5 Å². The second-order valence-corrected chi connectivity index (χ2v) is 6.79. The molecule has 0 atom stereocenters. The van der Waals surface area contributed by atoms with E-state index in [-0.39, 0.29) is 11.2 Å². The second kappa shape index (κ2) is 5.17. The Morgan fingerprint density at radius 2 is 1.90 bits per heavy atom. The van der Waals surface area contributed by atoms with Gasteiger partial charge in [-0.1, -0.05) is 32.9 Å². The number of hydrogen-bond donors (Lipinski definition) is 0. The first kappa shape index (κ1) is 14.1. The molecule has 0 fully saturated rings. The number of carbonyl (C=O) groups is 1. The van der Waals surface area contributed by atoms with Crippen molar-refractivity contribution in [3.8, 4) is 0 Å². The van der Waals surface area contributed by atoms with Crippen molar-refractivity contribution in [1.29, 1.82) is 0 Å². The smallest absolute Gasteiger partial charge is 0.206 e. The molecule has 0 saturated heterocycles. The summed E-state index contributed by atoms with van der Waals surface area (Å²) in [6, 6.07) is 8.29. The molecule has 2 heterocycles. The van der Waals surface area contributed by atoms with E-state index in [1.807, 2.05) is 26.8 Å². The van der Waals surface area contributed by atoms with E-state index < -0.39 is 0 Å². The first-order chi connectivity index (χ1) is 9.98. The van der Waals surface area contributed by atoms with Crippen molar-refractivity contribution in [1.82, 2.24) is 0 Å². The van der Waals surface area contributed by atoms with Gasteiger partial charge in [0.15, 0.2) is 5.78 Å². The van der Waals surface area contributed by atoms with E-state index in [9.17, 15) is 4.79 Å². The number of fused-ring (bicyclic) bond motifs is 3. The first-order valence-electron chi connectivity index (χ1n) is 7.70. The van der Waals surface area contributed by atoms with Gasteiger partial charge in [0.1, 0.15) is 0 Å². The minimum absolute atomic E-state index is 0.242. The van der Waals surface area contributed by atoms with Gasteiger partial charge < -0.3 is 9.80 Å². The lowest BCUT2D eigenvalue weighted by atomic mass is 9.90. The van der Waals surface area contributed by atoms with Crippen LogP contribution in [0.4, 0.5) is 11.4 Å². The van der Waals surface area contributed by atoms with Gasteiger partial charge in [0.25, 0.3) is 0 Å². The lowest BCUT2D eigenvalue weighted by Gasteiger charge is -2.25. The fourth-order valence-electron chi connectivity index (χ4n) is 2.77. The maximum absolute atomic E-state index is 12.5. The lowest BCUT2D eigenvalue weighted by molar-refractivity contribution is -0.124. The van der Waals surface area contributed by atoms with Crippen molar-refractivity contribution in [2.24, 2.45) is 10.4 Å². The number of nitrogens with zero attached hydrogens (tertiary/aromatic N) is 3. The Bertz CT molecular complexity index is 586. The molecule has 2 aliphatic heterocycles. The molecule has 112 valence electrons. The van der Waals surface area contributed by atoms with Crippen LogP contribution in [0.25, 0.3) is 0 Å². The van der Waals surface area contributed by atoms with Crippen LogP contribution < -0.4 is 9.80 Å². The topological polar surface area (TPSA) is 35.9 Å². The summed E-state index contributed by atoms with van der Waals surface area (Å²) in [7, 11) is 0. The summed E-state index contributed by atoms with van der Waals surface area (Å²) in [5, 5.41) is 0. The largest absolute Gasteiger partial charge is 0.310 e. The van der Waals surface area contributed by atoms with Gasteiger partial charge in [-0.25, -0.2) is 0 Å². The third kappa shape index (κ3) is 2.55. The van der Waals surface area contributed by atoms with Crippen LogP contribution in [0.5, 0.6) is 0 Å². The van der Waals surface area contributed by atoms with E-state index in [1.54, 1.807) is 0 Å². The third-order valence-electron chi connectivity index (χ3n) is 4.13. The van der Waals surface area contributed by atoms with Crippen LogP contribution in [0.15, 0.2) is 29.3 Å². The molecule has 0 N–H and O–H groups in total. The minimum Gasteiger partial charge on any atom is -0.310 e. The first-order valence-corrected chi connectivity index (χ1v) is 7.70. The van der Waals surface area contributed by atoms with Gasteiger partial charge in [-0.05, 0) is 25.0 Å². The van der Waals surface area contributed by atoms with Gasteiger partial charge in [-0.15, -0.1) is 0 Å². The van der Waals surface area contributed by atoms with Crippen molar-refractivity contribution >= 4 is 23.1 Å². The standard InChI is InChI=1S/C17H23N3O/c1-17(2,3)15(21)12-20-14-9-5-4-8-13(14)19-11-7-6-10-18-16(19)20/h4-5,8-9H,6-7,10-12H2,1-3H3. The molecule has 0 radical (unpaired) electrons. The van der Waals surface area contributed by atoms with Crippen LogP contribution in [0.1, 0.15) is 33.6 Å². The van der Waals surface area contributed by atoms with Gasteiger partial charge in [0.2, 0.25) is 5.96 Å². The number of para-hydroxylation sites is 2. The SMILES string of the molecule is CC(C)(C)C(=O)CN1C2=NCCCCN2c2ccccc21. The second-order valence-electron chi connectivity index (χ2n) is 6.79. The van der Waals surface area contributed by atoms with Gasteiger partial charge in [0.05, 0.1) is 17.9 Å². The van der Waals surface area contributed by atoms with Crippen molar-refractivity contribution in [3.63, 3.8) is 0 Å². The van der Waals surface area contributed by atoms with E-state index >= 15 is 0 Å². The summed E-state index contributed by atoms with van der Waals surface area (Å²) in [4.78, 5) is 21.6. The third-order valence-corrected chi connectivity index (χ3v) is 4.13. The molecule has 0 saturated carbocycles. The highest BCUT2D eigenvalue weighted by Gasteiger charge is 2.35. The highest BCUT2D eigenvalue weighted by molar-refractivity contribution is 6.18. The Morgan fingerprint density at radius 1 is 1.19 bits per heavy atom. The molecule has 2 aliphatic rings. The van der Waals surface area contributed by atoms with Crippen LogP contribution in [0.3, 0.4) is 0 Å². The number of carbonyl (C=O) groups excluding carboxylic acids is 1. The molecule has 0 amide bonds. The van der Waals surface area contributed by atoms with Crippen molar-refractivity contribution in [2.75, 3.05) is 29.4 Å². The summed E-state index contributed by atoms with van der Waals surface area (Å²) in [5.74, 6) is 1.19.